The lowest BCUT2D eigenvalue weighted by Gasteiger charge is -2.17. The lowest BCUT2D eigenvalue weighted by atomic mass is 10.1. The highest BCUT2D eigenvalue weighted by Crippen LogP contribution is 2.07. The second kappa shape index (κ2) is 5.12. The molecule has 80 valence electrons. The van der Waals surface area contributed by atoms with Crippen LogP contribution in [-0.2, 0) is 18.2 Å². The van der Waals surface area contributed by atoms with Gasteiger partial charge in [0.25, 0.3) is 0 Å². The van der Waals surface area contributed by atoms with Gasteiger partial charge in [0.2, 0.25) is 0 Å². The van der Waals surface area contributed by atoms with E-state index in [9.17, 15) is 5.11 Å². The van der Waals surface area contributed by atoms with Crippen LogP contribution in [0, 0.1) is 0 Å². The standard InChI is InChI=1S/C10H18N2O2/c1-4-14-8(2)10(13)5-9-6-11-12(3)7-9/h6-8,10,13H,4-5H2,1-3H3. The summed E-state index contributed by atoms with van der Waals surface area (Å²) in [6.07, 6.45) is 3.68. The van der Waals surface area contributed by atoms with Crippen molar-refractivity contribution < 1.29 is 9.84 Å². The largest absolute Gasteiger partial charge is 0.390 e. The minimum Gasteiger partial charge on any atom is -0.390 e. The number of hydrogen-bond acceptors (Lipinski definition) is 3. The van der Waals surface area contributed by atoms with Gasteiger partial charge in [-0.2, -0.15) is 5.10 Å². The maximum atomic E-state index is 9.75. The maximum Gasteiger partial charge on any atom is 0.0840 e. The first-order valence-corrected chi connectivity index (χ1v) is 4.90. The second-order valence-corrected chi connectivity index (χ2v) is 3.45. The Morgan fingerprint density at radius 3 is 2.86 bits per heavy atom. The molecule has 1 rings (SSSR count). The summed E-state index contributed by atoms with van der Waals surface area (Å²) in [5.74, 6) is 0. The number of aromatic nitrogens is 2. The van der Waals surface area contributed by atoms with Gasteiger partial charge in [-0.25, -0.2) is 0 Å². The molecule has 14 heavy (non-hydrogen) atoms. The van der Waals surface area contributed by atoms with Gasteiger partial charge in [-0.3, -0.25) is 4.68 Å². The quantitative estimate of drug-likeness (QED) is 0.759. The van der Waals surface area contributed by atoms with E-state index in [0.717, 1.165) is 5.56 Å². The summed E-state index contributed by atoms with van der Waals surface area (Å²) in [6.45, 7) is 4.43. The molecular formula is C10H18N2O2. The van der Waals surface area contributed by atoms with Crippen LogP contribution in [0.15, 0.2) is 12.4 Å². The van der Waals surface area contributed by atoms with Gasteiger partial charge < -0.3 is 9.84 Å². The number of rotatable bonds is 5. The Morgan fingerprint density at radius 2 is 2.36 bits per heavy atom. The van der Waals surface area contributed by atoms with E-state index >= 15 is 0 Å². The van der Waals surface area contributed by atoms with Gasteiger partial charge in [0.15, 0.2) is 0 Å². The number of ether oxygens (including phenoxy) is 1. The molecule has 0 saturated heterocycles. The minimum atomic E-state index is -0.459. The third-order valence-electron chi connectivity index (χ3n) is 2.17. The fourth-order valence-electron chi connectivity index (χ4n) is 1.36. The molecule has 1 aromatic heterocycles. The number of nitrogens with zero attached hydrogens (tertiary/aromatic N) is 2. The van der Waals surface area contributed by atoms with E-state index in [1.54, 1.807) is 10.9 Å². The lowest BCUT2D eigenvalue weighted by Crippen LogP contribution is -2.27. The molecule has 0 bridgehead atoms. The number of hydrogen-bond donors (Lipinski definition) is 1. The minimum absolute atomic E-state index is 0.125. The molecule has 0 fully saturated rings. The van der Waals surface area contributed by atoms with Crippen molar-refractivity contribution in [2.75, 3.05) is 6.61 Å². The van der Waals surface area contributed by atoms with Gasteiger partial charge in [-0.05, 0) is 19.4 Å². The van der Waals surface area contributed by atoms with E-state index in [1.807, 2.05) is 27.1 Å². The van der Waals surface area contributed by atoms with Gasteiger partial charge in [0.05, 0.1) is 18.4 Å². The van der Waals surface area contributed by atoms with E-state index < -0.39 is 6.10 Å². The molecule has 0 aliphatic carbocycles. The average molecular weight is 198 g/mol. The zero-order valence-electron chi connectivity index (χ0n) is 8.97. The second-order valence-electron chi connectivity index (χ2n) is 3.45. The van der Waals surface area contributed by atoms with Crippen molar-refractivity contribution in [2.45, 2.75) is 32.5 Å². The van der Waals surface area contributed by atoms with Crippen LogP contribution in [0.5, 0.6) is 0 Å². The van der Waals surface area contributed by atoms with E-state index in [4.69, 9.17) is 4.74 Å². The van der Waals surface area contributed by atoms with Crippen molar-refractivity contribution in [3.63, 3.8) is 0 Å². The smallest absolute Gasteiger partial charge is 0.0840 e. The van der Waals surface area contributed by atoms with Crippen LogP contribution in [0.1, 0.15) is 19.4 Å². The predicted octanol–water partition coefficient (Wildman–Crippen LogP) is 0.748. The molecule has 0 spiro atoms. The van der Waals surface area contributed by atoms with E-state index in [0.29, 0.717) is 13.0 Å². The molecule has 2 atom stereocenters. The first kappa shape index (κ1) is 11.2. The van der Waals surface area contributed by atoms with Crippen LogP contribution >= 0.6 is 0 Å². The van der Waals surface area contributed by atoms with Crippen LogP contribution in [0.3, 0.4) is 0 Å². The fraction of sp³-hybridized carbons (Fsp3) is 0.700. The highest BCUT2D eigenvalue weighted by molar-refractivity contribution is 5.05. The molecule has 1 heterocycles. The van der Waals surface area contributed by atoms with E-state index in [2.05, 4.69) is 5.10 Å². The Kier molecular flexibility index (Phi) is 4.10. The zero-order valence-corrected chi connectivity index (χ0v) is 8.97. The molecule has 1 N–H and O–H groups in total. The Labute approximate surface area is 84.5 Å². The highest BCUT2D eigenvalue weighted by Gasteiger charge is 2.15. The maximum absolute atomic E-state index is 9.75. The van der Waals surface area contributed by atoms with E-state index in [1.165, 1.54) is 0 Å². The topological polar surface area (TPSA) is 47.3 Å². The van der Waals surface area contributed by atoms with Crippen LogP contribution in [-0.4, -0.2) is 33.7 Å². The highest BCUT2D eigenvalue weighted by atomic mass is 16.5. The number of aliphatic hydroxyl groups is 1. The lowest BCUT2D eigenvalue weighted by molar-refractivity contribution is -0.0208. The first-order valence-electron chi connectivity index (χ1n) is 4.90. The fourth-order valence-corrected chi connectivity index (χ4v) is 1.36. The van der Waals surface area contributed by atoms with Gasteiger partial charge in [-0.15, -0.1) is 0 Å². The molecular weight excluding hydrogens is 180 g/mol. The van der Waals surface area contributed by atoms with Gasteiger partial charge >= 0.3 is 0 Å². The van der Waals surface area contributed by atoms with Crippen molar-refractivity contribution in [2.24, 2.45) is 7.05 Å². The Morgan fingerprint density at radius 1 is 1.64 bits per heavy atom. The van der Waals surface area contributed by atoms with Gasteiger partial charge in [0.1, 0.15) is 0 Å². The molecule has 0 aliphatic rings. The number of aliphatic hydroxyl groups excluding tert-OH is 1. The van der Waals surface area contributed by atoms with Crippen molar-refractivity contribution in [1.82, 2.24) is 9.78 Å². The molecule has 0 radical (unpaired) electrons. The monoisotopic (exact) mass is 198 g/mol. The molecule has 4 nitrogen and oxygen atoms in total. The number of aryl methyl sites for hydroxylation is 1. The summed E-state index contributed by atoms with van der Waals surface area (Å²) in [6, 6.07) is 0. The normalized spacial score (nSPS) is 15.4. The Hall–Kier alpha value is -0.870. The van der Waals surface area contributed by atoms with Gasteiger partial charge in [-0.1, -0.05) is 0 Å². The van der Waals surface area contributed by atoms with Crippen molar-refractivity contribution in [1.29, 1.82) is 0 Å². The van der Waals surface area contributed by atoms with Gasteiger partial charge in [0, 0.05) is 26.3 Å². The molecule has 0 aliphatic heterocycles. The van der Waals surface area contributed by atoms with Crippen LogP contribution < -0.4 is 0 Å². The summed E-state index contributed by atoms with van der Waals surface area (Å²) < 4.78 is 7.03. The van der Waals surface area contributed by atoms with Crippen molar-refractivity contribution >= 4 is 0 Å². The van der Waals surface area contributed by atoms with Crippen LogP contribution in [0.4, 0.5) is 0 Å². The Balaban J connectivity index is 2.43. The summed E-state index contributed by atoms with van der Waals surface area (Å²) in [4.78, 5) is 0. The average Bonchev–Trinajstić information content (AvgIpc) is 2.51. The molecule has 0 amide bonds. The SMILES string of the molecule is CCOC(C)C(O)Cc1cnn(C)c1. The summed E-state index contributed by atoms with van der Waals surface area (Å²) in [5, 5.41) is 13.8. The van der Waals surface area contributed by atoms with E-state index in [-0.39, 0.29) is 6.10 Å². The van der Waals surface area contributed by atoms with Crippen LogP contribution in [0.2, 0.25) is 0 Å². The van der Waals surface area contributed by atoms with Crippen molar-refractivity contribution in [3.8, 4) is 0 Å². The third kappa shape index (κ3) is 3.12. The molecule has 0 saturated carbocycles. The molecule has 1 aromatic rings. The molecule has 4 heteroatoms. The molecule has 2 unspecified atom stereocenters. The van der Waals surface area contributed by atoms with Crippen molar-refractivity contribution in [3.05, 3.63) is 18.0 Å². The summed E-state index contributed by atoms with van der Waals surface area (Å²) in [7, 11) is 1.86. The summed E-state index contributed by atoms with van der Waals surface area (Å²) in [5.41, 5.74) is 1.03. The zero-order chi connectivity index (χ0) is 10.6. The third-order valence-corrected chi connectivity index (χ3v) is 2.17. The van der Waals surface area contributed by atoms with Crippen LogP contribution in [0.25, 0.3) is 0 Å². The summed E-state index contributed by atoms with van der Waals surface area (Å²) >= 11 is 0. The first-order chi connectivity index (χ1) is 6.63. The molecule has 0 aromatic carbocycles. The Bertz CT molecular complexity index is 273. The predicted molar refractivity (Wildman–Crippen MR) is 54.0 cm³/mol.